The summed E-state index contributed by atoms with van der Waals surface area (Å²) in [6, 6.07) is 7.09. The van der Waals surface area contributed by atoms with E-state index in [0.717, 1.165) is 11.1 Å². The Kier molecular flexibility index (Phi) is 3.90. The van der Waals surface area contributed by atoms with Gasteiger partial charge in [-0.05, 0) is 11.6 Å². The second-order valence-corrected chi connectivity index (χ2v) is 5.34. The molecular formula is C16H15ClN2O3. The van der Waals surface area contributed by atoms with Gasteiger partial charge < -0.3 is 9.47 Å². The minimum Gasteiger partial charge on any atom is -0.497 e. The molecule has 114 valence electrons. The molecular weight excluding hydrogens is 304 g/mol. The van der Waals surface area contributed by atoms with Crippen molar-refractivity contribution in [2.24, 2.45) is 0 Å². The molecule has 1 amide bonds. The van der Waals surface area contributed by atoms with E-state index in [-0.39, 0.29) is 5.91 Å². The van der Waals surface area contributed by atoms with E-state index in [1.54, 1.807) is 44.8 Å². The number of anilines is 1. The van der Waals surface area contributed by atoms with E-state index in [9.17, 15) is 4.79 Å². The Morgan fingerprint density at radius 1 is 1.23 bits per heavy atom. The molecule has 0 saturated heterocycles. The molecule has 0 bridgehead atoms. The zero-order chi connectivity index (χ0) is 15.7. The number of halogens is 1. The van der Waals surface area contributed by atoms with Crippen molar-refractivity contribution in [3.05, 3.63) is 47.8 Å². The summed E-state index contributed by atoms with van der Waals surface area (Å²) in [7, 11) is 3.13. The van der Waals surface area contributed by atoms with Crippen LogP contribution in [0, 0.1) is 0 Å². The molecule has 1 aromatic carbocycles. The van der Waals surface area contributed by atoms with Crippen LogP contribution in [0.4, 0.5) is 5.69 Å². The highest BCUT2D eigenvalue weighted by Crippen LogP contribution is 2.39. The van der Waals surface area contributed by atoms with Gasteiger partial charge in [-0.25, -0.2) is 0 Å². The Labute approximate surface area is 133 Å². The van der Waals surface area contributed by atoms with E-state index in [1.807, 2.05) is 6.07 Å². The summed E-state index contributed by atoms with van der Waals surface area (Å²) in [5.41, 5.74) is 1.77. The highest BCUT2D eigenvalue weighted by atomic mass is 35.5. The number of carbonyl (C=O) groups is 1. The molecule has 1 atom stereocenters. The summed E-state index contributed by atoms with van der Waals surface area (Å²) in [4.78, 5) is 18.1. The van der Waals surface area contributed by atoms with Crippen LogP contribution in [0.1, 0.15) is 16.6 Å². The van der Waals surface area contributed by atoms with Gasteiger partial charge in [0.2, 0.25) is 5.91 Å². The number of benzene rings is 1. The molecule has 0 fully saturated rings. The average molecular weight is 319 g/mol. The van der Waals surface area contributed by atoms with Crippen molar-refractivity contribution in [1.82, 2.24) is 4.98 Å². The number of ether oxygens (including phenoxy) is 2. The van der Waals surface area contributed by atoms with Crippen molar-refractivity contribution < 1.29 is 14.3 Å². The van der Waals surface area contributed by atoms with Gasteiger partial charge in [-0.2, -0.15) is 0 Å². The summed E-state index contributed by atoms with van der Waals surface area (Å²) in [6.07, 6.45) is 3.66. The molecule has 0 aliphatic carbocycles. The first-order chi connectivity index (χ1) is 10.6. The van der Waals surface area contributed by atoms with Crippen molar-refractivity contribution in [2.45, 2.75) is 11.9 Å². The highest BCUT2D eigenvalue weighted by molar-refractivity contribution is 6.25. The van der Waals surface area contributed by atoms with E-state index in [1.165, 1.54) is 4.90 Å². The van der Waals surface area contributed by atoms with Crippen LogP contribution in [-0.2, 0) is 11.2 Å². The summed E-state index contributed by atoms with van der Waals surface area (Å²) >= 11 is 6.52. The standard InChI is InChI=1S/C16H15ClN2O3/c1-21-12-6-11(7-13(8-12)22-2)19-15(20)5-10-3-4-18-9-14(10)16(19)17/h3-4,6-9,16H,5H2,1-2H3. The lowest BCUT2D eigenvalue weighted by Gasteiger charge is -2.33. The number of aromatic nitrogens is 1. The minimum atomic E-state index is -0.609. The van der Waals surface area contributed by atoms with Gasteiger partial charge in [-0.1, -0.05) is 11.6 Å². The second-order valence-electron chi connectivity index (χ2n) is 4.92. The first-order valence-electron chi connectivity index (χ1n) is 6.76. The molecule has 1 aliphatic rings. The maximum atomic E-state index is 12.5. The van der Waals surface area contributed by atoms with Crippen molar-refractivity contribution in [3.8, 4) is 11.5 Å². The molecule has 2 heterocycles. The van der Waals surface area contributed by atoms with Gasteiger partial charge in [0.1, 0.15) is 17.0 Å². The van der Waals surface area contributed by atoms with Crippen LogP contribution in [0.2, 0.25) is 0 Å². The Balaban J connectivity index is 2.06. The van der Waals surface area contributed by atoms with E-state index in [2.05, 4.69) is 4.98 Å². The number of amides is 1. The van der Waals surface area contributed by atoms with Crippen LogP contribution in [0.15, 0.2) is 36.7 Å². The fraction of sp³-hybridized carbons (Fsp3) is 0.250. The zero-order valence-corrected chi connectivity index (χ0v) is 13.0. The summed E-state index contributed by atoms with van der Waals surface area (Å²) in [5.74, 6) is 1.13. The van der Waals surface area contributed by atoms with Crippen molar-refractivity contribution in [1.29, 1.82) is 0 Å². The molecule has 0 radical (unpaired) electrons. The number of hydrogen-bond donors (Lipinski definition) is 0. The monoisotopic (exact) mass is 318 g/mol. The summed E-state index contributed by atoms with van der Waals surface area (Å²) in [6.45, 7) is 0. The summed E-state index contributed by atoms with van der Waals surface area (Å²) in [5, 5.41) is 0. The molecule has 1 aromatic heterocycles. The molecule has 0 saturated carbocycles. The molecule has 3 rings (SSSR count). The maximum absolute atomic E-state index is 12.5. The third-order valence-corrected chi connectivity index (χ3v) is 4.08. The molecule has 22 heavy (non-hydrogen) atoms. The number of pyridine rings is 1. The zero-order valence-electron chi connectivity index (χ0n) is 12.2. The average Bonchev–Trinajstić information content (AvgIpc) is 2.54. The molecule has 1 unspecified atom stereocenters. The lowest BCUT2D eigenvalue weighted by atomic mass is 10.0. The topological polar surface area (TPSA) is 51.7 Å². The van der Waals surface area contributed by atoms with Crippen LogP contribution in [0.3, 0.4) is 0 Å². The van der Waals surface area contributed by atoms with Gasteiger partial charge in [0.25, 0.3) is 0 Å². The Hall–Kier alpha value is -2.27. The van der Waals surface area contributed by atoms with Crippen molar-refractivity contribution in [2.75, 3.05) is 19.1 Å². The third-order valence-electron chi connectivity index (χ3n) is 3.65. The number of carbonyl (C=O) groups excluding carboxylic acids is 1. The number of nitrogens with zero attached hydrogens (tertiary/aromatic N) is 2. The lowest BCUT2D eigenvalue weighted by Crippen LogP contribution is -2.38. The number of hydrogen-bond acceptors (Lipinski definition) is 4. The van der Waals surface area contributed by atoms with Crippen molar-refractivity contribution >= 4 is 23.2 Å². The molecule has 0 spiro atoms. The number of methoxy groups -OCH3 is 2. The number of fused-ring (bicyclic) bond motifs is 1. The Morgan fingerprint density at radius 2 is 1.91 bits per heavy atom. The SMILES string of the molecule is COc1cc(OC)cc(N2C(=O)Cc3ccncc3C2Cl)c1. The van der Waals surface area contributed by atoms with Crippen molar-refractivity contribution in [3.63, 3.8) is 0 Å². The molecule has 0 N–H and O–H groups in total. The Bertz CT molecular complexity index is 698. The van der Waals surface area contributed by atoms with E-state index >= 15 is 0 Å². The van der Waals surface area contributed by atoms with E-state index < -0.39 is 5.50 Å². The van der Waals surface area contributed by atoms with Gasteiger partial charge >= 0.3 is 0 Å². The van der Waals surface area contributed by atoms with Crippen LogP contribution in [-0.4, -0.2) is 25.1 Å². The largest absolute Gasteiger partial charge is 0.497 e. The highest BCUT2D eigenvalue weighted by Gasteiger charge is 2.32. The van der Waals surface area contributed by atoms with E-state index in [0.29, 0.717) is 23.6 Å². The van der Waals surface area contributed by atoms with Gasteiger partial charge in [0.05, 0.1) is 26.3 Å². The Morgan fingerprint density at radius 3 is 2.55 bits per heavy atom. The van der Waals surface area contributed by atoms with Gasteiger partial charge in [-0.3, -0.25) is 14.7 Å². The first kappa shape index (κ1) is 14.7. The molecule has 1 aliphatic heterocycles. The predicted octanol–water partition coefficient (Wildman–Crippen LogP) is 2.93. The second kappa shape index (κ2) is 5.85. The van der Waals surface area contributed by atoms with Crippen LogP contribution < -0.4 is 14.4 Å². The molecule has 6 heteroatoms. The van der Waals surface area contributed by atoms with Crippen LogP contribution in [0.5, 0.6) is 11.5 Å². The van der Waals surface area contributed by atoms with Crippen LogP contribution in [0.25, 0.3) is 0 Å². The maximum Gasteiger partial charge on any atom is 0.232 e. The quantitative estimate of drug-likeness (QED) is 0.645. The number of alkyl halides is 1. The molecule has 2 aromatic rings. The van der Waals surface area contributed by atoms with Gasteiger partial charge in [0, 0.05) is 36.2 Å². The normalized spacial score (nSPS) is 17.1. The number of rotatable bonds is 3. The minimum absolute atomic E-state index is 0.0750. The smallest absolute Gasteiger partial charge is 0.232 e. The first-order valence-corrected chi connectivity index (χ1v) is 7.19. The van der Waals surface area contributed by atoms with Crippen LogP contribution >= 0.6 is 11.6 Å². The summed E-state index contributed by atoms with van der Waals surface area (Å²) < 4.78 is 10.5. The van der Waals surface area contributed by atoms with Gasteiger partial charge in [0.15, 0.2) is 0 Å². The van der Waals surface area contributed by atoms with Gasteiger partial charge in [-0.15, -0.1) is 0 Å². The predicted molar refractivity (Wildman–Crippen MR) is 83.6 cm³/mol. The fourth-order valence-electron chi connectivity index (χ4n) is 2.53. The van der Waals surface area contributed by atoms with E-state index in [4.69, 9.17) is 21.1 Å². The fourth-order valence-corrected chi connectivity index (χ4v) is 2.95. The lowest BCUT2D eigenvalue weighted by molar-refractivity contribution is -0.118. The molecule has 5 nitrogen and oxygen atoms in total. The third kappa shape index (κ3) is 2.48.